The third-order valence-electron chi connectivity index (χ3n) is 5.35. The summed E-state index contributed by atoms with van der Waals surface area (Å²) in [4.78, 5) is 34.4. The van der Waals surface area contributed by atoms with E-state index in [1.165, 1.54) is 12.1 Å². The zero-order chi connectivity index (χ0) is 22.8. The molecule has 8 nitrogen and oxygen atoms in total. The molecule has 0 N–H and O–H groups in total. The molecule has 0 spiro atoms. The standard InChI is InChI=1S/C23H25FN6O2/c1-14-18(11-25-15(2)27-14)22(31)30-9-10-32-20(13-30)21-19(12-26-23(28-21)29(3)4)16-5-7-17(24)8-6-16/h5-8,11-12,20H,9-10,13H2,1-4H3. The predicted molar refractivity (Wildman–Crippen MR) is 118 cm³/mol. The summed E-state index contributed by atoms with van der Waals surface area (Å²) in [6.07, 6.45) is 2.83. The van der Waals surface area contributed by atoms with Crippen molar-refractivity contribution in [2.75, 3.05) is 38.7 Å². The molecule has 0 bridgehead atoms. The van der Waals surface area contributed by atoms with Crippen molar-refractivity contribution in [3.8, 4) is 11.1 Å². The number of ether oxygens (including phenoxy) is 1. The quantitative estimate of drug-likeness (QED) is 0.622. The first kappa shape index (κ1) is 21.8. The van der Waals surface area contributed by atoms with Crippen molar-refractivity contribution >= 4 is 11.9 Å². The van der Waals surface area contributed by atoms with Crippen LogP contribution in [-0.4, -0.2) is 64.5 Å². The van der Waals surface area contributed by atoms with Crippen molar-refractivity contribution in [1.82, 2.24) is 24.8 Å². The minimum atomic E-state index is -0.457. The van der Waals surface area contributed by atoms with Crippen molar-refractivity contribution < 1.29 is 13.9 Å². The van der Waals surface area contributed by atoms with E-state index in [9.17, 15) is 9.18 Å². The summed E-state index contributed by atoms with van der Waals surface area (Å²) in [6.45, 7) is 4.75. The van der Waals surface area contributed by atoms with E-state index in [0.717, 1.165) is 11.1 Å². The molecule has 1 fully saturated rings. The number of anilines is 1. The van der Waals surface area contributed by atoms with Gasteiger partial charge in [0.2, 0.25) is 5.95 Å². The Balaban J connectivity index is 1.68. The Morgan fingerprint density at radius 1 is 1.12 bits per heavy atom. The van der Waals surface area contributed by atoms with Crippen LogP contribution in [0.3, 0.4) is 0 Å². The van der Waals surface area contributed by atoms with Crippen LogP contribution in [0.1, 0.15) is 33.7 Å². The van der Waals surface area contributed by atoms with E-state index in [1.807, 2.05) is 14.1 Å². The summed E-state index contributed by atoms with van der Waals surface area (Å²) in [6, 6.07) is 6.17. The predicted octanol–water partition coefficient (Wildman–Crippen LogP) is 2.97. The van der Waals surface area contributed by atoms with Gasteiger partial charge >= 0.3 is 0 Å². The van der Waals surface area contributed by atoms with Gasteiger partial charge in [0.25, 0.3) is 5.91 Å². The maximum atomic E-state index is 13.5. The summed E-state index contributed by atoms with van der Waals surface area (Å²) >= 11 is 0. The lowest BCUT2D eigenvalue weighted by molar-refractivity contribution is -0.0245. The minimum absolute atomic E-state index is 0.138. The van der Waals surface area contributed by atoms with Crippen molar-refractivity contribution in [2.24, 2.45) is 0 Å². The van der Waals surface area contributed by atoms with Crippen LogP contribution in [0.5, 0.6) is 0 Å². The van der Waals surface area contributed by atoms with Gasteiger partial charge in [-0.2, -0.15) is 0 Å². The highest BCUT2D eigenvalue weighted by atomic mass is 19.1. The second-order valence-electron chi connectivity index (χ2n) is 7.90. The molecule has 1 aliphatic heterocycles. The first-order chi connectivity index (χ1) is 15.3. The van der Waals surface area contributed by atoms with Crippen LogP contribution in [0.2, 0.25) is 0 Å². The summed E-state index contributed by atoms with van der Waals surface area (Å²) in [5, 5.41) is 0. The third-order valence-corrected chi connectivity index (χ3v) is 5.35. The smallest absolute Gasteiger partial charge is 0.257 e. The fourth-order valence-corrected chi connectivity index (χ4v) is 3.66. The third kappa shape index (κ3) is 4.43. The molecule has 3 aromatic rings. The second-order valence-corrected chi connectivity index (χ2v) is 7.90. The first-order valence-corrected chi connectivity index (χ1v) is 10.3. The number of rotatable bonds is 4. The molecule has 2 aromatic heterocycles. The number of nitrogens with zero attached hydrogens (tertiary/aromatic N) is 6. The Morgan fingerprint density at radius 2 is 1.88 bits per heavy atom. The molecule has 166 valence electrons. The molecule has 1 aromatic carbocycles. The molecule has 1 unspecified atom stereocenters. The maximum absolute atomic E-state index is 13.5. The zero-order valence-electron chi connectivity index (χ0n) is 18.5. The highest BCUT2D eigenvalue weighted by Crippen LogP contribution is 2.32. The number of morpholine rings is 1. The largest absolute Gasteiger partial charge is 0.368 e. The number of aryl methyl sites for hydroxylation is 2. The van der Waals surface area contributed by atoms with E-state index in [0.29, 0.717) is 48.4 Å². The molecule has 1 amide bonds. The average molecular weight is 436 g/mol. The first-order valence-electron chi connectivity index (χ1n) is 10.3. The van der Waals surface area contributed by atoms with Gasteiger partial charge in [0.15, 0.2) is 0 Å². The number of carbonyl (C=O) groups is 1. The minimum Gasteiger partial charge on any atom is -0.368 e. The Labute approximate surface area is 186 Å². The molecule has 0 radical (unpaired) electrons. The van der Waals surface area contributed by atoms with Crippen LogP contribution in [0.4, 0.5) is 10.3 Å². The van der Waals surface area contributed by atoms with Gasteiger partial charge in [-0.25, -0.2) is 24.3 Å². The zero-order valence-corrected chi connectivity index (χ0v) is 18.5. The summed E-state index contributed by atoms with van der Waals surface area (Å²) < 4.78 is 19.5. The Morgan fingerprint density at radius 3 is 2.56 bits per heavy atom. The average Bonchev–Trinajstić information content (AvgIpc) is 2.79. The van der Waals surface area contributed by atoms with Crippen LogP contribution in [-0.2, 0) is 4.74 Å². The molecule has 0 aliphatic carbocycles. The highest BCUT2D eigenvalue weighted by Gasteiger charge is 2.30. The van der Waals surface area contributed by atoms with E-state index in [4.69, 9.17) is 9.72 Å². The van der Waals surface area contributed by atoms with Gasteiger partial charge in [0.05, 0.1) is 30.1 Å². The fraction of sp³-hybridized carbons (Fsp3) is 0.348. The van der Waals surface area contributed by atoms with Crippen molar-refractivity contribution in [1.29, 1.82) is 0 Å². The normalized spacial score (nSPS) is 16.2. The van der Waals surface area contributed by atoms with E-state index < -0.39 is 6.10 Å². The van der Waals surface area contributed by atoms with E-state index >= 15 is 0 Å². The molecule has 9 heteroatoms. The Bertz CT molecular complexity index is 1140. The van der Waals surface area contributed by atoms with Crippen molar-refractivity contribution in [3.63, 3.8) is 0 Å². The topological polar surface area (TPSA) is 84.3 Å². The molecule has 3 heterocycles. The number of hydrogen-bond acceptors (Lipinski definition) is 7. The van der Waals surface area contributed by atoms with E-state index in [1.54, 1.807) is 48.2 Å². The van der Waals surface area contributed by atoms with Crippen LogP contribution in [0.15, 0.2) is 36.7 Å². The second kappa shape index (κ2) is 8.96. The number of halogens is 1. The Kier molecular flexibility index (Phi) is 6.09. The molecule has 4 rings (SSSR count). The molecule has 1 aliphatic rings. The maximum Gasteiger partial charge on any atom is 0.257 e. The van der Waals surface area contributed by atoms with Gasteiger partial charge in [0, 0.05) is 38.6 Å². The molecule has 1 saturated heterocycles. The number of hydrogen-bond donors (Lipinski definition) is 0. The van der Waals surface area contributed by atoms with Crippen molar-refractivity contribution in [2.45, 2.75) is 20.0 Å². The van der Waals surface area contributed by atoms with Gasteiger partial charge in [0.1, 0.15) is 17.7 Å². The summed E-state index contributed by atoms with van der Waals surface area (Å²) in [5.74, 6) is 0.698. The molecular weight excluding hydrogens is 411 g/mol. The lowest BCUT2D eigenvalue weighted by atomic mass is 10.0. The number of amides is 1. The van der Waals surface area contributed by atoms with Crippen molar-refractivity contribution in [3.05, 3.63) is 65.3 Å². The fourth-order valence-electron chi connectivity index (χ4n) is 3.66. The van der Waals surface area contributed by atoms with E-state index in [-0.39, 0.29) is 11.7 Å². The summed E-state index contributed by atoms with van der Waals surface area (Å²) in [5.41, 5.74) is 3.30. The molecule has 32 heavy (non-hydrogen) atoms. The van der Waals surface area contributed by atoms with Crippen LogP contribution >= 0.6 is 0 Å². The van der Waals surface area contributed by atoms with Crippen LogP contribution in [0.25, 0.3) is 11.1 Å². The van der Waals surface area contributed by atoms with Gasteiger partial charge in [-0.05, 0) is 31.5 Å². The lowest BCUT2D eigenvalue weighted by Gasteiger charge is -2.33. The van der Waals surface area contributed by atoms with E-state index in [2.05, 4.69) is 15.0 Å². The Hall–Kier alpha value is -3.46. The number of benzene rings is 1. The van der Waals surface area contributed by atoms with Crippen LogP contribution in [0, 0.1) is 19.7 Å². The van der Waals surface area contributed by atoms with Crippen LogP contribution < -0.4 is 4.90 Å². The number of aromatic nitrogens is 4. The monoisotopic (exact) mass is 436 g/mol. The van der Waals surface area contributed by atoms with Gasteiger partial charge in [-0.15, -0.1) is 0 Å². The number of carbonyl (C=O) groups excluding carboxylic acids is 1. The van der Waals surface area contributed by atoms with Gasteiger partial charge in [-0.3, -0.25) is 4.79 Å². The molecule has 0 saturated carbocycles. The molecular formula is C23H25FN6O2. The highest BCUT2D eigenvalue weighted by molar-refractivity contribution is 5.95. The summed E-state index contributed by atoms with van der Waals surface area (Å²) in [7, 11) is 3.71. The molecule has 1 atom stereocenters. The van der Waals surface area contributed by atoms with Gasteiger partial charge < -0.3 is 14.5 Å². The SMILES string of the molecule is Cc1ncc(C(=O)N2CCOC(c3nc(N(C)C)ncc3-c3ccc(F)cc3)C2)c(C)n1. The van der Waals surface area contributed by atoms with Gasteiger partial charge in [-0.1, -0.05) is 12.1 Å². The lowest BCUT2D eigenvalue weighted by Crippen LogP contribution is -2.43.